The Balaban J connectivity index is 1.55. The molecule has 1 aliphatic heterocycles. The third-order valence-electron chi connectivity index (χ3n) is 5.83. The average Bonchev–Trinajstić information content (AvgIpc) is 3.48. The van der Waals surface area contributed by atoms with Crippen LogP contribution in [-0.2, 0) is 14.3 Å². The van der Waals surface area contributed by atoms with Crippen LogP contribution in [0.1, 0.15) is 43.7 Å². The maximum atomic E-state index is 12.8. The van der Waals surface area contributed by atoms with E-state index in [2.05, 4.69) is 10.6 Å². The van der Waals surface area contributed by atoms with Gasteiger partial charge in [-0.2, -0.15) is 0 Å². The quantitative estimate of drug-likeness (QED) is 0.761. The van der Waals surface area contributed by atoms with Gasteiger partial charge in [-0.25, -0.2) is 4.79 Å². The fourth-order valence-corrected chi connectivity index (χ4v) is 3.56. The zero-order valence-corrected chi connectivity index (χ0v) is 16.8. The van der Waals surface area contributed by atoms with Crippen molar-refractivity contribution in [1.82, 2.24) is 10.2 Å². The Morgan fingerprint density at radius 3 is 2.43 bits per heavy atom. The van der Waals surface area contributed by atoms with Crippen LogP contribution in [0.25, 0.3) is 0 Å². The summed E-state index contributed by atoms with van der Waals surface area (Å²) >= 11 is 0. The van der Waals surface area contributed by atoms with Gasteiger partial charge in [0, 0.05) is 24.8 Å². The number of nitrogens with one attached hydrogen (secondary N) is 2. The normalized spacial score (nSPS) is 18.3. The first kappa shape index (κ1) is 20.2. The topological polar surface area (TPSA) is 87.7 Å². The van der Waals surface area contributed by atoms with E-state index >= 15 is 0 Å². The minimum absolute atomic E-state index is 0.0239. The predicted molar refractivity (Wildman–Crippen MR) is 106 cm³/mol. The van der Waals surface area contributed by atoms with Crippen LogP contribution in [0, 0.1) is 19.3 Å². The molecule has 3 amide bonds. The van der Waals surface area contributed by atoms with Crippen molar-refractivity contribution in [2.45, 2.75) is 52.5 Å². The molecule has 1 heterocycles. The van der Waals surface area contributed by atoms with E-state index in [1.165, 1.54) is 0 Å². The molecule has 2 N–H and O–H groups in total. The van der Waals surface area contributed by atoms with Crippen LogP contribution in [0.5, 0.6) is 0 Å². The van der Waals surface area contributed by atoms with E-state index in [0.717, 1.165) is 16.8 Å². The summed E-state index contributed by atoms with van der Waals surface area (Å²) in [5.74, 6) is -0.437. The van der Waals surface area contributed by atoms with Crippen LogP contribution in [-0.4, -0.2) is 48.5 Å². The standard InChI is InChI=1S/C21H29N3O4/c1-4-28-20(27)24-12-8-16(9-13-24)22-18(25)21(10-11-21)19(26)23-17-7-5-6-14(2)15(17)3/h5-7,16H,4,8-13H2,1-3H3,(H,22,25)(H,23,26). The molecule has 0 spiro atoms. The molecule has 1 aliphatic carbocycles. The van der Waals surface area contributed by atoms with E-state index in [4.69, 9.17) is 4.74 Å². The Labute approximate surface area is 165 Å². The Morgan fingerprint density at radius 1 is 1.14 bits per heavy atom. The Morgan fingerprint density at radius 2 is 1.82 bits per heavy atom. The summed E-state index contributed by atoms with van der Waals surface area (Å²) in [4.78, 5) is 39.1. The number of amides is 3. The summed E-state index contributed by atoms with van der Waals surface area (Å²) in [5.41, 5.74) is 1.90. The molecular weight excluding hydrogens is 358 g/mol. The van der Waals surface area contributed by atoms with Gasteiger partial charge in [0.15, 0.2) is 0 Å². The highest BCUT2D eigenvalue weighted by atomic mass is 16.6. The summed E-state index contributed by atoms with van der Waals surface area (Å²) in [6, 6.07) is 5.73. The third kappa shape index (κ3) is 4.13. The summed E-state index contributed by atoms with van der Waals surface area (Å²) < 4.78 is 5.01. The number of likely N-dealkylation sites (tertiary alicyclic amines) is 1. The van der Waals surface area contributed by atoms with Gasteiger partial charge in [-0.05, 0) is 63.6 Å². The molecule has 0 atom stereocenters. The van der Waals surface area contributed by atoms with Crippen LogP contribution in [0.2, 0.25) is 0 Å². The molecule has 7 nitrogen and oxygen atoms in total. The number of anilines is 1. The molecule has 0 unspecified atom stereocenters. The number of rotatable bonds is 5. The Hall–Kier alpha value is -2.57. The Kier molecular flexibility index (Phi) is 5.91. The van der Waals surface area contributed by atoms with Crippen LogP contribution in [0.3, 0.4) is 0 Å². The fourth-order valence-electron chi connectivity index (χ4n) is 3.56. The molecule has 1 saturated heterocycles. The van der Waals surface area contributed by atoms with Crippen molar-refractivity contribution < 1.29 is 19.1 Å². The number of carbonyl (C=O) groups excluding carboxylic acids is 3. The highest BCUT2D eigenvalue weighted by Gasteiger charge is 2.57. The maximum Gasteiger partial charge on any atom is 0.409 e. The zero-order chi connectivity index (χ0) is 20.3. The van der Waals surface area contributed by atoms with Gasteiger partial charge >= 0.3 is 6.09 Å². The van der Waals surface area contributed by atoms with E-state index in [1.54, 1.807) is 11.8 Å². The van der Waals surface area contributed by atoms with E-state index in [1.807, 2.05) is 32.0 Å². The largest absolute Gasteiger partial charge is 0.450 e. The minimum atomic E-state index is -0.964. The minimum Gasteiger partial charge on any atom is -0.450 e. The van der Waals surface area contributed by atoms with Gasteiger partial charge in [-0.1, -0.05) is 12.1 Å². The first-order valence-corrected chi connectivity index (χ1v) is 9.97. The molecule has 1 saturated carbocycles. The average molecular weight is 387 g/mol. The van der Waals surface area contributed by atoms with Crippen LogP contribution >= 0.6 is 0 Å². The summed E-state index contributed by atoms with van der Waals surface area (Å²) in [7, 11) is 0. The number of benzene rings is 1. The smallest absolute Gasteiger partial charge is 0.409 e. The van der Waals surface area contributed by atoms with E-state index in [9.17, 15) is 14.4 Å². The lowest BCUT2D eigenvalue weighted by atomic mass is 10.0. The molecule has 0 aromatic heterocycles. The zero-order valence-electron chi connectivity index (χ0n) is 16.8. The molecule has 1 aromatic carbocycles. The summed E-state index contributed by atoms with van der Waals surface area (Å²) in [5, 5.41) is 5.97. The van der Waals surface area contributed by atoms with Gasteiger partial charge in [0.25, 0.3) is 0 Å². The number of aryl methyl sites for hydroxylation is 1. The molecule has 152 valence electrons. The lowest BCUT2D eigenvalue weighted by molar-refractivity contribution is -0.135. The number of piperidine rings is 1. The van der Waals surface area contributed by atoms with Crippen LogP contribution < -0.4 is 10.6 Å². The third-order valence-corrected chi connectivity index (χ3v) is 5.83. The molecule has 1 aromatic rings. The lowest BCUT2D eigenvalue weighted by Gasteiger charge is -2.32. The highest BCUT2D eigenvalue weighted by molar-refractivity contribution is 6.13. The first-order valence-electron chi connectivity index (χ1n) is 9.97. The van der Waals surface area contributed by atoms with Gasteiger partial charge in [-0.3, -0.25) is 9.59 Å². The molecule has 2 fully saturated rings. The molecule has 28 heavy (non-hydrogen) atoms. The Bertz CT molecular complexity index is 765. The van der Waals surface area contributed by atoms with Crippen molar-refractivity contribution >= 4 is 23.6 Å². The van der Waals surface area contributed by atoms with E-state index < -0.39 is 5.41 Å². The molecule has 3 rings (SSSR count). The van der Waals surface area contributed by atoms with Crippen molar-refractivity contribution in [3.05, 3.63) is 29.3 Å². The van der Waals surface area contributed by atoms with Gasteiger partial charge in [0.05, 0.1) is 6.61 Å². The molecule has 0 radical (unpaired) electrons. The maximum absolute atomic E-state index is 12.8. The number of hydrogen-bond acceptors (Lipinski definition) is 4. The second-order valence-corrected chi connectivity index (χ2v) is 7.72. The monoisotopic (exact) mass is 387 g/mol. The van der Waals surface area contributed by atoms with Crippen LogP contribution in [0.4, 0.5) is 10.5 Å². The second-order valence-electron chi connectivity index (χ2n) is 7.72. The first-order chi connectivity index (χ1) is 13.4. The number of carbonyl (C=O) groups is 3. The van der Waals surface area contributed by atoms with Crippen molar-refractivity contribution in [3.8, 4) is 0 Å². The van der Waals surface area contributed by atoms with Crippen molar-refractivity contribution in [2.24, 2.45) is 5.41 Å². The van der Waals surface area contributed by atoms with Crippen LogP contribution in [0.15, 0.2) is 18.2 Å². The SMILES string of the molecule is CCOC(=O)N1CCC(NC(=O)C2(C(=O)Nc3cccc(C)c3C)CC2)CC1. The lowest BCUT2D eigenvalue weighted by Crippen LogP contribution is -2.50. The van der Waals surface area contributed by atoms with E-state index in [-0.39, 0.29) is 23.9 Å². The van der Waals surface area contributed by atoms with Gasteiger partial charge in [-0.15, -0.1) is 0 Å². The van der Waals surface area contributed by atoms with Crippen molar-refractivity contribution in [2.75, 3.05) is 25.0 Å². The van der Waals surface area contributed by atoms with Gasteiger partial charge < -0.3 is 20.3 Å². The van der Waals surface area contributed by atoms with Crippen molar-refractivity contribution in [3.63, 3.8) is 0 Å². The highest BCUT2D eigenvalue weighted by Crippen LogP contribution is 2.47. The molecular formula is C21H29N3O4. The summed E-state index contributed by atoms with van der Waals surface area (Å²) in [6.45, 7) is 7.18. The summed E-state index contributed by atoms with van der Waals surface area (Å²) in [6.07, 6.45) is 2.16. The number of ether oxygens (including phenoxy) is 1. The number of nitrogens with zero attached hydrogens (tertiary/aromatic N) is 1. The predicted octanol–water partition coefficient (Wildman–Crippen LogP) is 2.76. The van der Waals surface area contributed by atoms with Gasteiger partial charge in [0.2, 0.25) is 11.8 Å². The molecule has 2 aliphatic rings. The van der Waals surface area contributed by atoms with Crippen molar-refractivity contribution in [1.29, 1.82) is 0 Å². The number of hydrogen-bond donors (Lipinski definition) is 2. The van der Waals surface area contributed by atoms with Gasteiger partial charge in [0.1, 0.15) is 5.41 Å². The second kappa shape index (κ2) is 8.20. The van der Waals surface area contributed by atoms with E-state index in [0.29, 0.717) is 45.4 Å². The fraction of sp³-hybridized carbons (Fsp3) is 0.571. The molecule has 0 bridgehead atoms. The molecule has 7 heteroatoms.